The summed E-state index contributed by atoms with van der Waals surface area (Å²) in [7, 11) is 0. The van der Waals surface area contributed by atoms with E-state index in [0.717, 1.165) is 13.1 Å². The number of nitrogens with zero attached hydrogens (tertiary/aromatic N) is 4. The van der Waals surface area contributed by atoms with Gasteiger partial charge in [0.1, 0.15) is 0 Å². The van der Waals surface area contributed by atoms with Gasteiger partial charge in [0.2, 0.25) is 0 Å². The molecule has 150 valence electrons. The predicted molar refractivity (Wildman–Crippen MR) is 111 cm³/mol. The number of hydrogen-bond donors (Lipinski definition) is 1. The number of piperazine rings is 1. The number of rotatable bonds is 6. The number of nitrogens with one attached hydrogen (secondary N) is 1. The molecule has 0 aromatic heterocycles. The fourth-order valence-corrected chi connectivity index (χ4v) is 5.10. The Labute approximate surface area is 161 Å². The van der Waals surface area contributed by atoms with Gasteiger partial charge in [-0.2, -0.15) is 0 Å². The summed E-state index contributed by atoms with van der Waals surface area (Å²) in [6.07, 6.45) is 7.11. The second kappa shape index (κ2) is 9.41. The Kier molecular flexibility index (Phi) is 7.21. The molecule has 1 spiro atoms. The second-order valence-corrected chi connectivity index (χ2v) is 8.91. The summed E-state index contributed by atoms with van der Waals surface area (Å²) >= 11 is 0. The fourth-order valence-electron chi connectivity index (χ4n) is 5.10. The number of likely N-dealkylation sites (tertiary alicyclic amines) is 1. The summed E-state index contributed by atoms with van der Waals surface area (Å²) in [6, 6.07) is 0. The van der Waals surface area contributed by atoms with Crippen molar-refractivity contribution in [3.8, 4) is 0 Å². The molecule has 1 saturated carbocycles. The summed E-state index contributed by atoms with van der Waals surface area (Å²) in [5.41, 5.74) is 0.612. The maximum atomic E-state index is 5.04. The lowest BCUT2D eigenvalue weighted by Crippen LogP contribution is -2.47. The largest absolute Gasteiger partial charge is 0.357 e. The Morgan fingerprint density at radius 3 is 2.35 bits per heavy atom. The third-order valence-electron chi connectivity index (χ3n) is 6.77. The Hall–Kier alpha value is -0.810. The Balaban J connectivity index is 1.48. The van der Waals surface area contributed by atoms with Crippen molar-refractivity contribution in [3.63, 3.8) is 0 Å². The molecular formula is C21H41N5. The summed E-state index contributed by atoms with van der Waals surface area (Å²) in [4.78, 5) is 12.8. The van der Waals surface area contributed by atoms with Crippen LogP contribution >= 0.6 is 0 Å². The van der Waals surface area contributed by atoms with Gasteiger partial charge >= 0.3 is 0 Å². The van der Waals surface area contributed by atoms with Gasteiger partial charge in [-0.3, -0.25) is 4.99 Å². The van der Waals surface area contributed by atoms with Gasteiger partial charge in [0, 0.05) is 58.9 Å². The van der Waals surface area contributed by atoms with Gasteiger partial charge < -0.3 is 20.0 Å². The van der Waals surface area contributed by atoms with Crippen molar-refractivity contribution in [2.45, 2.75) is 52.9 Å². The van der Waals surface area contributed by atoms with E-state index in [4.69, 9.17) is 4.99 Å². The molecule has 0 aromatic rings. The molecule has 1 aliphatic carbocycles. The molecule has 1 atom stereocenters. The first-order chi connectivity index (χ1) is 12.6. The molecule has 5 heteroatoms. The molecule has 2 heterocycles. The van der Waals surface area contributed by atoms with Crippen LogP contribution in [0.3, 0.4) is 0 Å². The standard InChI is InChI=1S/C21H41N5/c1-4-22-20(26-11-10-21(18-26)8-6-7-9-21)23-16-19(3)17-25-14-12-24(5-2)13-15-25/h19H,4-18H2,1-3H3,(H,22,23). The summed E-state index contributed by atoms with van der Waals surface area (Å²) < 4.78 is 0. The summed E-state index contributed by atoms with van der Waals surface area (Å²) in [6.45, 7) is 18.4. The van der Waals surface area contributed by atoms with Crippen molar-refractivity contribution in [1.82, 2.24) is 20.0 Å². The van der Waals surface area contributed by atoms with Gasteiger partial charge in [0.25, 0.3) is 0 Å². The van der Waals surface area contributed by atoms with Crippen LogP contribution in [0.5, 0.6) is 0 Å². The van der Waals surface area contributed by atoms with E-state index in [1.54, 1.807) is 0 Å². The molecule has 0 aromatic carbocycles. The molecule has 3 fully saturated rings. The minimum absolute atomic E-state index is 0.612. The van der Waals surface area contributed by atoms with Crippen molar-refractivity contribution in [2.24, 2.45) is 16.3 Å². The quantitative estimate of drug-likeness (QED) is 0.581. The molecule has 0 bridgehead atoms. The monoisotopic (exact) mass is 363 g/mol. The van der Waals surface area contributed by atoms with Crippen LogP contribution in [-0.2, 0) is 0 Å². The van der Waals surface area contributed by atoms with Crippen LogP contribution in [0.15, 0.2) is 4.99 Å². The zero-order valence-corrected chi connectivity index (χ0v) is 17.5. The summed E-state index contributed by atoms with van der Waals surface area (Å²) in [5.74, 6) is 1.79. The van der Waals surface area contributed by atoms with Crippen molar-refractivity contribution < 1.29 is 0 Å². The van der Waals surface area contributed by atoms with Crippen LogP contribution in [0.4, 0.5) is 0 Å². The summed E-state index contributed by atoms with van der Waals surface area (Å²) in [5, 5.41) is 3.56. The highest BCUT2D eigenvalue weighted by Gasteiger charge is 2.41. The van der Waals surface area contributed by atoms with Crippen molar-refractivity contribution in [1.29, 1.82) is 0 Å². The second-order valence-electron chi connectivity index (χ2n) is 8.91. The molecule has 0 amide bonds. The van der Waals surface area contributed by atoms with E-state index < -0.39 is 0 Å². The molecule has 2 aliphatic heterocycles. The minimum atomic E-state index is 0.612. The highest BCUT2D eigenvalue weighted by atomic mass is 15.3. The van der Waals surface area contributed by atoms with Gasteiger partial charge in [0.15, 0.2) is 5.96 Å². The molecule has 3 rings (SSSR count). The lowest BCUT2D eigenvalue weighted by atomic mass is 9.86. The van der Waals surface area contributed by atoms with Crippen molar-refractivity contribution >= 4 is 5.96 Å². The third-order valence-corrected chi connectivity index (χ3v) is 6.77. The minimum Gasteiger partial charge on any atom is -0.357 e. The van der Waals surface area contributed by atoms with Gasteiger partial charge in [-0.1, -0.05) is 26.7 Å². The lowest BCUT2D eigenvalue weighted by molar-refractivity contribution is 0.125. The Bertz CT molecular complexity index is 449. The van der Waals surface area contributed by atoms with Gasteiger partial charge in [-0.15, -0.1) is 0 Å². The van der Waals surface area contributed by atoms with Crippen LogP contribution in [-0.4, -0.2) is 86.1 Å². The van der Waals surface area contributed by atoms with Crippen LogP contribution in [0.25, 0.3) is 0 Å². The van der Waals surface area contributed by atoms with E-state index >= 15 is 0 Å². The van der Waals surface area contributed by atoms with Crippen LogP contribution < -0.4 is 5.32 Å². The number of guanidine groups is 1. The topological polar surface area (TPSA) is 34.1 Å². The van der Waals surface area contributed by atoms with Crippen molar-refractivity contribution in [3.05, 3.63) is 0 Å². The van der Waals surface area contributed by atoms with E-state index in [1.165, 1.54) is 90.4 Å². The first-order valence-electron chi connectivity index (χ1n) is 11.1. The normalized spacial score (nSPS) is 26.0. The molecular weight excluding hydrogens is 322 g/mol. The van der Waals surface area contributed by atoms with Gasteiger partial charge in [-0.05, 0) is 44.1 Å². The molecule has 1 unspecified atom stereocenters. The van der Waals surface area contributed by atoms with E-state index in [1.807, 2.05) is 0 Å². The van der Waals surface area contributed by atoms with Crippen molar-refractivity contribution in [2.75, 3.05) is 65.4 Å². The van der Waals surface area contributed by atoms with E-state index in [2.05, 4.69) is 40.8 Å². The molecule has 2 saturated heterocycles. The number of aliphatic imine (C=N–C) groups is 1. The highest BCUT2D eigenvalue weighted by Crippen LogP contribution is 2.45. The maximum Gasteiger partial charge on any atom is 0.193 e. The zero-order valence-electron chi connectivity index (χ0n) is 17.5. The fraction of sp³-hybridized carbons (Fsp3) is 0.952. The van der Waals surface area contributed by atoms with Crippen LogP contribution in [0, 0.1) is 11.3 Å². The number of hydrogen-bond acceptors (Lipinski definition) is 3. The van der Waals surface area contributed by atoms with Crippen LogP contribution in [0.1, 0.15) is 52.9 Å². The Morgan fingerprint density at radius 2 is 1.69 bits per heavy atom. The van der Waals surface area contributed by atoms with E-state index in [0.29, 0.717) is 11.3 Å². The molecule has 0 radical (unpaired) electrons. The average molecular weight is 364 g/mol. The van der Waals surface area contributed by atoms with E-state index in [9.17, 15) is 0 Å². The average Bonchev–Trinajstić information content (AvgIpc) is 3.29. The van der Waals surface area contributed by atoms with Gasteiger partial charge in [0.05, 0.1) is 0 Å². The first kappa shape index (κ1) is 19.9. The molecule has 26 heavy (non-hydrogen) atoms. The van der Waals surface area contributed by atoms with Gasteiger partial charge in [-0.25, -0.2) is 0 Å². The molecule has 5 nitrogen and oxygen atoms in total. The molecule has 3 aliphatic rings. The van der Waals surface area contributed by atoms with E-state index in [-0.39, 0.29) is 0 Å². The molecule has 1 N–H and O–H groups in total. The highest BCUT2D eigenvalue weighted by molar-refractivity contribution is 5.80. The van der Waals surface area contributed by atoms with Crippen LogP contribution in [0.2, 0.25) is 0 Å². The Morgan fingerprint density at radius 1 is 1.00 bits per heavy atom. The third kappa shape index (κ3) is 5.13. The predicted octanol–water partition coefficient (Wildman–Crippen LogP) is 2.49. The smallest absolute Gasteiger partial charge is 0.193 e. The maximum absolute atomic E-state index is 5.04. The number of likely N-dealkylation sites (N-methyl/N-ethyl adjacent to an activating group) is 1. The first-order valence-corrected chi connectivity index (χ1v) is 11.1. The SMILES string of the molecule is CCNC(=NCC(C)CN1CCN(CC)CC1)N1CCC2(CCCC2)C1. The lowest BCUT2D eigenvalue weighted by Gasteiger charge is -2.35. The zero-order chi connectivity index (χ0) is 18.4.